The van der Waals surface area contributed by atoms with Gasteiger partial charge in [-0.3, -0.25) is 0 Å². The van der Waals surface area contributed by atoms with E-state index in [4.69, 9.17) is 0 Å². The molecule has 0 bridgehead atoms. The molecular formula is C23H28F4OSi. The van der Waals surface area contributed by atoms with Gasteiger partial charge in [0.1, 0.15) is 0 Å². The first-order valence-electron chi connectivity index (χ1n) is 10.5. The number of alkyl halides is 2. The molecule has 0 spiro atoms. The molecule has 6 heteroatoms. The Morgan fingerprint density at radius 3 is 2.14 bits per heavy atom. The van der Waals surface area contributed by atoms with E-state index in [1.165, 1.54) is 55.8 Å². The summed E-state index contributed by atoms with van der Waals surface area (Å²) in [4.78, 5) is 0. The lowest BCUT2D eigenvalue weighted by atomic mass is 9.92. The molecule has 1 aliphatic rings. The van der Waals surface area contributed by atoms with Gasteiger partial charge >= 0.3 is 6.61 Å². The van der Waals surface area contributed by atoms with Gasteiger partial charge in [0.25, 0.3) is 0 Å². The van der Waals surface area contributed by atoms with Gasteiger partial charge in [-0.25, -0.2) is 8.78 Å². The van der Waals surface area contributed by atoms with Gasteiger partial charge in [0, 0.05) is 8.80 Å². The van der Waals surface area contributed by atoms with Crippen molar-refractivity contribution in [3.63, 3.8) is 0 Å². The molecule has 0 N–H and O–H groups in total. The van der Waals surface area contributed by atoms with Gasteiger partial charge in [-0.2, -0.15) is 8.78 Å². The second-order valence-electron chi connectivity index (χ2n) is 7.98. The van der Waals surface area contributed by atoms with Crippen LogP contribution < -0.4 is 4.74 Å². The first kappa shape index (κ1) is 21.9. The molecule has 2 aromatic carbocycles. The first-order valence-corrected chi connectivity index (χ1v) is 13.0. The number of halogens is 4. The summed E-state index contributed by atoms with van der Waals surface area (Å²) in [6, 6.07) is 14.1. The summed E-state index contributed by atoms with van der Waals surface area (Å²) in [6.45, 7) is -1.02. The predicted molar refractivity (Wildman–Crippen MR) is 111 cm³/mol. The number of ether oxygens (including phenoxy) is 1. The van der Waals surface area contributed by atoms with Gasteiger partial charge in [0.15, 0.2) is 17.4 Å². The summed E-state index contributed by atoms with van der Waals surface area (Å²) in [5, 5.41) is 0. The van der Waals surface area contributed by atoms with Crippen LogP contribution in [0.5, 0.6) is 5.75 Å². The summed E-state index contributed by atoms with van der Waals surface area (Å²) in [7, 11) is -0.554. The van der Waals surface area contributed by atoms with Crippen molar-refractivity contribution in [2.45, 2.75) is 69.7 Å². The smallest absolute Gasteiger partial charge is 0.387 e. The average molecular weight is 425 g/mol. The van der Waals surface area contributed by atoms with Crippen LogP contribution in [0.15, 0.2) is 36.4 Å². The third-order valence-electron chi connectivity index (χ3n) is 5.98. The average Bonchev–Trinajstić information content (AvgIpc) is 2.71. The number of hydrogen-bond acceptors (Lipinski definition) is 1. The van der Waals surface area contributed by atoms with Crippen molar-refractivity contribution in [1.82, 2.24) is 0 Å². The van der Waals surface area contributed by atoms with Crippen molar-refractivity contribution >= 4 is 8.80 Å². The quantitative estimate of drug-likeness (QED) is 0.242. The van der Waals surface area contributed by atoms with Gasteiger partial charge < -0.3 is 4.74 Å². The third-order valence-corrected chi connectivity index (χ3v) is 9.51. The minimum Gasteiger partial charge on any atom is -0.429 e. The van der Waals surface area contributed by atoms with E-state index in [-0.39, 0.29) is 0 Å². The van der Waals surface area contributed by atoms with Gasteiger partial charge in [-0.1, -0.05) is 68.6 Å². The predicted octanol–water partition coefficient (Wildman–Crippen LogP) is 7.53. The van der Waals surface area contributed by atoms with Gasteiger partial charge in [-0.15, -0.1) is 0 Å². The van der Waals surface area contributed by atoms with Crippen LogP contribution in [-0.4, -0.2) is 15.4 Å². The van der Waals surface area contributed by atoms with Crippen LogP contribution in [0.2, 0.25) is 18.1 Å². The zero-order valence-electron chi connectivity index (χ0n) is 16.8. The SMILES string of the molecule is CCCCC[SiH]1CCC(c2ccc(-c3cc(F)c(OC(F)F)c(F)c3)cc2)CC1. The highest BCUT2D eigenvalue weighted by molar-refractivity contribution is 6.59. The van der Waals surface area contributed by atoms with Crippen LogP contribution in [0.4, 0.5) is 17.6 Å². The highest BCUT2D eigenvalue weighted by atomic mass is 28.3. The highest BCUT2D eigenvalue weighted by Gasteiger charge is 2.23. The van der Waals surface area contributed by atoms with E-state index in [1.54, 1.807) is 0 Å². The molecule has 0 radical (unpaired) electrons. The van der Waals surface area contributed by atoms with Gasteiger partial charge in [0.2, 0.25) is 0 Å². The molecule has 1 saturated heterocycles. The Morgan fingerprint density at radius 1 is 0.966 bits per heavy atom. The molecule has 29 heavy (non-hydrogen) atoms. The summed E-state index contributed by atoms with van der Waals surface area (Å²) in [6.07, 6.45) is 6.51. The highest BCUT2D eigenvalue weighted by Crippen LogP contribution is 2.36. The van der Waals surface area contributed by atoms with Crippen molar-refractivity contribution in [3.05, 3.63) is 53.6 Å². The van der Waals surface area contributed by atoms with E-state index in [1.807, 2.05) is 24.3 Å². The van der Waals surface area contributed by atoms with E-state index < -0.39 is 32.8 Å². The monoisotopic (exact) mass is 424 g/mol. The molecule has 0 unspecified atom stereocenters. The summed E-state index contributed by atoms with van der Waals surface area (Å²) in [5.74, 6) is -2.74. The fourth-order valence-electron chi connectivity index (χ4n) is 4.34. The van der Waals surface area contributed by atoms with Crippen molar-refractivity contribution in [1.29, 1.82) is 0 Å². The minimum atomic E-state index is -3.27. The second kappa shape index (κ2) is 10.3. The Labute approximate surface area is 171 Å². The van der Waals surface area contributed by atoms with Crippen molar-refractivity contribution in [2.24, 2.45) is 0 Å². The van der Waals surface area contributed by atoms with Crippen molar-refractivity contribution in [3.8, 4) is 16.9 Å². The Bertz CT molecular complexity index is 763. The lowest BCUT2D eigenvalue weighted by Gasteiger charge is -2.28. The third kappa shape index (κ3) is 5.84. The summed E-state index contributed by atoms with van der Waals surface area (Å²) >= 11 is 0. The Hall–Kier alpha value is -1.82. The summed E-state index contributed by atoms with van der Waals surface area (Å²) in [5.41, 5.74) is 2.23. The van der Waals surface area contributed by atoms with E-state index in [2.05, 4.69) is 11.7 Å². The maximum Gasteiger partial charge on any atom is 0.387 e. The zero-order valence-corrected chi connectivity index (χ0v) is 17.9. The molecule has 1 nitrogen and oxygen atoms in total. The lowest BCUT2D eigenvalue weighted by Crippen LogP contribution is -2.20. The van der Waals surface area contributed by atoms with Crippen LogP contribution in [0.3, 0.4) is 0 Å². The molecule has 0 atom stereocenters. The lowest BCUT2D eigenvalue weighted by molar-refractivity contribution is -0.0546. The van der Waals surface area contributed by atoms with Crippen molar-refractivity contribution in [2.75, 3.05) is 0 Å². The van der Waals surface area contributed by atoms with E-state index in [0.717, 1.165) is 12.1 Å². The molecule has 2 aromatic rings. The molecule has 0 amide bonds. The number of unbranched alkanes of at least 4 members (excludes halogenated alkanes) is 2. The first-order chi connectivity index (χ1) is 14.0. The molecule has 1 heterocycles. The zero-order chi connectivity index (χ0) is 20.8. The molecule has 3 rings (SSSR count). The van der Waals surface area contributed by atoms with Crippen LogP contribution >= 0.6 is 0 Å². The van der Waals surface area contributed by atoms with Crippen LogP contribution in [0, 0.1) is 11.6 Å². The van der Waals surface area contributed by atoms with E-state index in [9.17, 15) is 17.6 Å². The maximum absolute atomic E-state index is 14.0. The molecule has 158 valence electrons. The molecule has 0 aliphatic carbocycles. The normalized spacial score (nSPS) is 19.5. The fourth-order valence-corrected chi connectivity index (χ4v) is 7.82. The summed E-state index contributed by atoms with van der Waals surface area (Å²) < 4.78 is 56.4. The Kier molecular flexibility index (Phi) is 7.75. The van der Waals surface area contributed by atoms with E-state index in [0.29, 0.717) is 17.0 Å². The number of benzene rings is 2. The molecule has 1 fully saturated rings. The fraction of sp³-hybridized carbons (Fsp3) is 0.478. The van der Waals surface area contributed by atoms with E-state index >= 15 is 0 Å². The largest absolute Gasteiger partial charge is 0.429 e. The Balaban J connectivity index is 1.64. The molecule has 0 aromatic heterocycles. The van der Waals surface area contributed by atoms with Gasteiger partial charge in [0.05, 0.1) is 0 Å². The molecule has 0 saturated carbocycles. The molecular weight excluding hydrogens is 396 g/mol. The number of rotatable bonds is 8. The van der Waals surface area contributed by atoms with Crippen LogP contribution in [0.1, 0.15) is 50.5 Å². The standard InChI is InChI=1S/C23H28F4OSi/c1-2-3-4-11-29-12-9-18(10-13-29)16-5-7-17(8-6-16)19-14-20(24)22(21(25)15-19)28-23(26)27/h5-8,14-15,18,23,29H,2-4,9-13H2,1H3. The van der Waals surface area contributed by atoms with Crippen LogP contribution in [0.25, 0.3) is 11.1 Å². The Morgan fingerprint density at radius 2 is 1.59 bits per heavy atom. The minimum absolute atomic E-state index is 0.306. The number of hydrogen-bond donors (Lipinski definition) is 0. The van der Waals surface area contributed by atoms with Crippen LogP contribution in [-0.2, 0) is 0 Å². The topological polar surface area (TPSA) is 9.23 Å². The van der Waals surface area contributed by atoms with Crippen molar-refractivity contribution < 1.29 is 22.3 Å². The molecule has 1 aliphatic heterocycles. The second-order valence-corrected chi connectivity index (χ2v) is 11.4. The van der Waals surface area contributed by atoms with Gasteiger partial charge in [-0.05, 0) is 47.6 Å². The maximum atomic E-state index is 14.0.